The van der Waals surface area contributed by atoms with Crippen molar-refractivity contribution in [2.45, 2.75) is 61.3 Å². The first-order valence-electron chi connectivity index (χ1n) is 6.97. The fraction of sp³-hybridized carbons (Fsp3) is 0.450. The van der Waals surface area contributed by atoms with Crippen LogP contribution < -0.4 is 0 Å². The zero-order valence-corrected chi connectivity index (χ0v) is 12.7. The smallest absolute Gasteiger partial charge is 0.0302 e. The molecule has 0 spiro atoms. The molecule has 0 aliphatic rings. The summed E-state index contributed by atoms with van der Waals surface area (Å²) in [6.07, 6.45) is 3.81. The third kappa shape index (κ3) is 8.29. The lowest BCUT2D eigenvalue weighted by atomic mass is 10.0. The monoisotopic (exact) mass is 287 g/mol. The van der Waals surface area contributed by atoms with E-state index >= 15 is 0 Å². The van der Waals surface area contributed by atoms with Gasteiger partial charge in [0.05, 0.1) is 0 Å². The Morgan fingerprint density at radius 3 is 1.62 bits per heavy atom. The van der Waals surface area contributed by atoms with E-state index in [0.717, 1.165) is 0 Å². The molecule has 1 nitrogen and oxygen atoms in total. The Kier molecular flexibility index (Phi) is 11.4. The molecule has 1 heteroatoms. The van der Waals surface area contributed by atoms with E-state index in [1.807, 2.05) is 18.5 Å². The number of aryl methyl sites for hydroxylation is 1. The topological polar surface area (TPSA) is 12.9 Å². The highest BCUT2D eigenvalue weighted by atomic mass is 14.6. The van der Waals surface area contributed by atoms with Crippen LogP contribution in [-0.4, -0.2) is 4.98 Å². The summed E-state index contributed by atoms with van der Waals surface area (Å²) in [5, 5.41) is 0. The second kappa shape index (κ2) is 11.1. The maximum Gasteiger partial charge on any atom is 0.0302 e. The number of nitrogens with zero attached hydrogens (tertiary/aromatic N) is 1. The van der Waals surface area contributed by atoms with Crippen molar-refractivity contribution in [3.8, 4) is 0 Å². The predicted octanol–water partition coefficient (Wildman–Crippen LogP) is 6.60. The van der Waals surface area contributed by atoms with Crippen molar-refractivity contribution in [1.82, 2.24) is 4.98 Å². The van der Waals surface area contributed by atoms with Gasteiger partial charge in [-0.1, -0.05) is 78.9 Å². The molecule has 0 fully saturated rings. The van der Waals surface area contributed by atoms with Crippen molar-refractivity contribution in [3.63, 3.8) is 0 Å². The number of hydrogen-bond acceptors (Lipinski definition) is 1. The number of pyridine rings is 1. The van der Waals surface area contributed by atoms with Crippen molar-refractivity contribution < 1.29 is 0 Å². The minimum atomic E-state index is 0. The van der Waals surface area contributed by atoms with E-state index in [9.17, 15) is 0 Å². The van der Waals surface area contributed by atoms with Crippen LogP contribution in [-0.2, 0) is 0 Å². The van der Waals surface area contributed by atoms with E-state index in [4.69, 9.17) is 0 Å². The average molecular weight is 287 g/mol. The Morgan fingerprint density at radius 2 is 1.29 bits per heavy atom. The van der Waals surface area contributed by atoms with Gasteiger partial charge in [-0.2, -0.15) is 0 Å². The first-order chi connectivity index (χ1) is 9.00. The SMILES string of the molecule is C.C.CC(C)c1ccccc1.Cc1cncc(C(C)C)c1. The molecule has 0 saturated carbocycles. The van der Waals surface area contributed by atoms with Gasteiger partial charge in [0.1, 0.15) is 0 Å². The Labute approximate surface area is 132 Å². The van der Waals surface area contributed by atoms with Crippen LogP contribution in [0, 0.1) is 6.92 Å². The Hall–Kier alpha value is -1.63. The highest BCUT2D eigenvalue weighted by molar-refractivity contribution is 5.19. The van der Waals surface area contributed by atoms with Gasteiger partial charge < -0.3 is 0 Å². The molecular formula is C20H33N. The quantitative estimate of drug-likeness (QED) is 0.606. The summed E-state index contributed by atoms with van der Waals surface area (Å²) in [6.45, 7) is 10.8. The van der Waals surface area contributed by atoms with E-state index in [0.29, 0.717) is 11.8 Å². The first kappa shape index (κ1) is 21.7. The summed E-state index contributed by atoms with van der Waals surface area (Å²) in [5.41, 5.74) is 3.98. The first-order valence-corrected chi connectivity index (χ1v) is 6.97. The van der Waals surface area contributed by atoms with Crippen molar-refractivity contribution in [3.05, 3.63) is 65.5 Å². The fourth-order valence-electron chi connectivity index (χ4n) is 1.73. The summed E-state index contributed by atoms with van der Waals surface area (Å²) in [4.78, 5) is 4.11. The second-order valence-electron chi connectivity index (χ2n) is 5.52. The standard InChI is InChI=1S/C9H13N.C9H12.2CH4/c1-7(2)9-4-8(3)5-10-6-9;1-8(2)9-6-4-3-5-7-9;;/h4-7H,1-3H3;3-8H,1-2H3;2*1H4. The molecule has 0 N–H and O–H groups in total. The van der Waals surface area contributed by atoms with Gasteiger partial charge in [-0.25, -0.2) is 0 Å². The zero-order valence-electron chi connectivity index (χ0n) is 12.7. The molecule has 1 heterocycles. The largest absolute Gasteiger partial charge is 0.264 e. The fourth-order valence-corrected chi connectivity index (χ4v) is 1.73. The van der Waals surface area contributed by atoms with E-state index in [-0.39, 0.29) is 14.9 Å². The normalized spacial score (nSPS) is 9.29. The molecule has 118 valence electrons. The van der Waals surface area contributed by atoms with Gasteiger partial charge in [0.2, 0.25) is 0 Å². The lowest BCUT2D eigenvalue weighted by Gasteiger charge is -2.03. The molecule has 0 radical (unpaired) electrons. The van der Waals surface area contributed by atoms with Gasteiger partial charge in [0.15, 0.2) is 0 Å². The Bertz CT molecular complexity index is 472. The molecule has 2 rings (SSSR count). The molecule has 0 saturated heterocycles. The number of aromatic nitrogens is 1. The molecule has 1 aromatic heterocycles. The van der Waals surface area contributed by atoms with E-state index in [2.05, 4.69) is 69.9 Å². The number of benzene rings is 1. The highest BCUT2D eigenvalue weighted by Gasteiger charge is 1.97. The summed E-state index contributed by atoms with van der Waals surface area (Å²) in [6, 6.07) is 12.7. The predicted molar refractivity (Wildman–Crippen MR) is 97.1 cm³/mol. The van der Waals surface area contributed by atoms with Crippen LogP contribution >= 0.6 is 0 Å². The lowest BCUT2D eigenvalue weighted by Crippen LogP contribution is -1.88. The lowest BCUT2D eigenvalue weighted by molar-refractivity contribution is 0.855. The van der Waals surface area contributed by atoms with Crippen LogP contribution in [0.15, 0.2) is 48.8 Å². The molecule has 0 aliphatic heterocycles. The molecule has 0 amide bonds. The summed E-state index contributed by atoms with van der Waals surface area (Å²) >= 11 is 0. The molecule has 1 aromatic carbocycles. The van der Waals surface area contributed by atoms with Gasteiger partial charge in [-0.15, -0.1) is 0 Å². The maximum atomic E-state index is 4.11. The van der Waals surface area contributed by atoms with E-state index in [1.54, 1.807) is 0 Å². The van der Waals surface area contributed by atoms with Crippen molar-refractivity contribution in [1.29, 1.82) is 0 Å². The van der Waals surface area contributed by atoms with E-state index < -0.39 is 0 Å². The Balaban J connectivity index is 0. The van der Waals surface area contributed by atoms with Crippen molar-refractivity contribution >= 4 is 0 Å². The maximum absolute atomic E-state index is 4.11. The molecule has 0 aliphatic carbocycles. The number of hydrogen-bond donors (Lipinski definition) is 0. The molecule has 2 aromatic rings. The third-order valence-corrected chi connectivity index (χ3v) is 3.03. The summed E-state index contributed by atoms with van der Waals surface area (Å²) in [5.74, 6) is 1.25. The van der Waals surface area contributed by atoms with Gasteiger partial charge in [-0.05, 0) is 35.4 Å². The van der Waals surface area contributed by atoms with E-state index in [1.165, 1.54) is 16.7 Å². The highest BCUT2D eigenvalue weighted by Crippen LogP contribution is 2.13. The Morgan fingerprint density at radius 1 is 0.762 bits per heavy atom. The van der Waals surface area contributed by atoms with Gasteiger partial charge in [0.25, 0.3) is 0 Å². The van der Waals surface area contributed by atoms with Crippen molar-refractivity contribution in [2.75, 3.05) is 0 Å². The summed E-state index contributed by atoms with van der Waals surface area (Å²) < 4.78 is 0. The molecule has 0 atom stereocenters. The second-order valence-corrected chi connectivity index (χ2v) is 5.52. The minimum Gasteiger partial charge on any atom is -0.264 e. The van der Waals surface area contributed by atoms with Crippen LogP contribution in [0.3, 0.4) is 0 Å². The van der Waals surface area contributed by atoms with Crippen LogP contribution in [0.4, 0.5) is 0 Å². The molecule has 0 unspecified atom stereocenters. The molecule has 0 bridgehead atoms. The summed E-state index contributed by atoms with van der Waals surface area (Å²) in [7, 11) is 0. The van der Waals surface area contributed by atoms with Gasteiger partial charge in [-0.3, -0.25) is 4.98 Å². The minimum absolute atomic E-state index is 0. The van der Waals surface area contributed by atoms with Gasteiger partial charge >= 0.3 is 0 Å². The van der Waals surface area contributed by atoms with Crippen LogP contribution in [0.2, 0.25) is 0 Å². The molecular weight excluding hydrogens is 254 g/mol. The van der Waals surface area contributed by atoms with Crippen molar-refractivity contribution in [2.24, 2.45) is 0 Å². The average Bonchev–Trinajstić information content (AvgIpc) is 2.40. The third-order valence-electron chi connectivity index (χ3n) is 3.03. The van der Waals surface area contributed by atoms with Crippen LogP contribution in [0.5, 0.6) is 0 Å². The van der Waals surface area contributed by atoms with Gasteiger partial charge in [0, 0.05) is 12.4 Å². The number of rotatable bonds is 2. The zero-order chi connectivity index (χ0) is 14.3. The molecule has 21 heavy (non-hydrogen) atoms. The van der Waals surface area contributed by atoms with Crippen LogP contribution in [0.25, 0.3) is 0 Å². The van der Waals surface area contributed by atoms with Crippen LogP contribution in [0.1, 0.15) is 71.1 Å².